The molecule has 10 heteroatoms. The Morgan fingerprint density at radius 2 is 1.91 bits per heavy atom. The molecule has 1 aliphatic rings. The summed E-state index contributed by atoms with van der Waals surface area (Å²) in [6.45, 7) is 3.64. The van der Waals surface area contributed by atoms with Gasteiger partial charge >= 0.3 is 5.76 Å². The molecule has 0 fully saturated rings. The first-order valence-corrected chi connectivity index (χ1v) is 10.6. The fourth-order valence-electron chi connectivity index (χ4n) is 4.51. The van der Waals surface area contributed by atoms with E-state index in [1.807, 2.05) is 13.8 Å². The van der Waals surface area contributed by atoms with E-state index in [1.165, 1.54) is 0 Å². The number of oxazole rings is 1. The van der Waals surface area contributed by atoms with Crippen molar-refractivity contribution >= 4 is 28.6 Å². The summed E-state index contributed by atoms with van der Waals surface area (Å²) in [5.41, 5.74) is 4.28. The number of aromatic amines is 2. The van der Waals surface area contributed by atoms with E-state index in [0.717, 1.165) is 23.0 Å². The number of para-hydroxylation sites is 1. The van der Waals surface area contributed by atoms with Gasteiger partial charge in [-0.25, -0.2) is 13.6 Å². The van der Waals surface area contributed by atoms with Crippen LogP contribution >= 0.6 is 11.6 Å². The molecule has 1 aliphatic heterocycles. The van der Waals surface area contributed by atoms with Gasteiger partial charge in [0.05, 0.1) is 18.1 Å². The summed E-state index contributed by atoms with van der Waals surface area (Å²) in [6, 6.07) is 7.84. The number of aromatic nitrogens is 3. The second kappa shape index (κ2) is 7.28. The quantitative estimate of drug-likeness (QED) is 0.438. The lowest BCUT2D eigenvalue weighted by Crippen LogP contribution is -2.38. The van der Waals surface area contributed by atoms with Crippen LogP contribution in [-0.2, 0) is 0 Å². The highest BCUT2D eigenvalue weighted by Gasteiger charge is 2.45. The van der Waals surface area contributed by atoms with Crippen LogP contribution in [-0.4, -0.2) is 38.5 Å². The molecule has 1 amide bonds. The number of nitrogens with zero attached hydrogens (tertiary/aromatic N) is 2. The molecule has 3 heterocycles. The van der Waals surface area contributed by atoms with Crippen LogP contribution < -0.4 is 5.76 Å². The molecule has 7 nitrogen and oxygen atoms in total. The number of H-pyrrole nitrogens is 2. The monoisotopic (exact) mass is 472 g/mol. The lowest BCUT2D eigenvalue weighted by atomic mass is 9.93. The zero-order valence-corrected chi connectivity index (χ0v) is 18.7. The minimum atomic E-state index is -3.12. The maximum absolute atomic E-state index is 14.1. The molecule has 2 aromatic carbocycles. The highest BCUT2D eigenvalue weighted by atomic mass is 35.5. The van der Waals surface area contributed by atoms with Gasteiger partial charge in [0.25, 0.3) is 11.8 Å². The van der Waals surface area contributed by atoms with Gasteiger partial charge in [0.15, 0.2) is 5.58 Å². The third-order valence-corrected chi connectivity index (χ3v) is 6.38. The van der Waals surface area contributed by atoms with Crippen molar-refractivity contribution in [2.75, 3.05) is 6.54 Å². The second-order valence-corrected chi connectivity index (χ2v) is 8.81. The largest absolute Gasteiger partial charge is 0.417 e. The molecule has 0 saturated carbocycles. The summed E-state index contributed by atoms with van der Waals surface area (Å²) >= 11 is 6.34. The van der Waals surface area contributed by atoms with E-state index in [9.17, 15) is 18.4 Å². The van der Waals surface area contributed by atoms with Crippen LogP contribution in [0.25, 0.3) is 22.4 Å². The number of aryl methyl sites for hydroxylation is 2. The lowest BCUT2D eigenvalue weighted by molar-refractivity contribution is -0.0148. The number of nitrogens with one attached hydrogen (secondary N) is 2. The zero-order chi connectivity index (χ0) is 23.7. The number of alkyl halides is 2. The number of fused-ring (bicyclic) bond motifs is 2. The third kappa shape index (κ3) is 3.43. The Labute approximate surface area is 191 Å². The van der Waals surface area contributed by atoms with Crippen molar-refractivity contribution in [2.24, 2.45) is 0 Å². The van der Waals surface area contributed by atoms with Crippen molar-refractivity contribution in [1.29, 1.82) is 0 Å². The van der Waals surface area contributed by atoms with E-state index in [1.54, 1.807) is 30.3 Å². The molecule has 0 radical (unpaired) electrons. The van der Waals surface area contributed by atoms with E-state index >= 15 is 0 Å². The number of carbonyl (C=O) groups is 1. The molecule has 1 atom stereocenters. The lowest BCUT2D eigenvalue weighted by Gasteiger charge is -2.29. The predicted molar refractivity (Wildman–Crippen MR) is 119 cm³/mol. The number of carbonyl (C=O) groups excluding carboxylic acids is 1. The molecule has 0 spiro atoms. The van der Waals surface area contributed by atoms with Crippen LogP contribution in [0.5, 0.6) is 0 Å². The molecule has 4 aromatic rings. The number of hydrogen-bond acceptors (Lipinski definition) is 4. The van der Waals surface area contributed by atoms with Gasteiger partial charge in [0.2, 0.25) is 0 Å². The van der Waals surface area contributed by atoms with Gasteiger partial charge in [-0.3, -0.25) is 14.9 Å². The van der Waals surface area contributed by atoms with E-state index in [4.69, 9.17) is 16.0 Å². The van der Waals surface area contributed by atoms with Gasteiger partial charge in [0, 0.05) is 23.1 Å². The van der Waals surface area contributed by atoms with E-state index in [-0.39, 0.29) is 11.3 Å². The molecular weight excluding hydrogens is 454 g/mol. The molecule has 33 heavy (non-hydrogen) atoms. The van der Waals surface area contributed by atoms with Crippen LogP contribution in [0.15, 0.2) is 39.5 Å². The van der Waals surface area contributed by atoms with Gasteiger partial charge < -0.3 is 9.32 Å². The fraction of sp³-hybridized carbons (Fsp3) is 0.261. The Bertz CT molecular complexity index is 1460. The number of hydrogen-bond donors (Lipinski definition) is 2. The Balaban J connectivity index is 1.77. The van der Waals surface area contributed by atoms with Gasteiger partial charge in [-0.15, -0.1) is 0 Å². The molecule has 1 unspecified atom stereocenters. The normalized spacial score (nSPS) is 16.1. The number of halogens is 3. The van der Waals surface area contributed by atoms with Gasteiger partial charge in [-0.1, -0.05) is 29.8 Å². The fourth-order valence-corrected chi connectivity index (χ4v) is 4.62. The topological polar surface area (TPSA) is 95.0 Å². The molecule has 5 rings (SSSR count). The SMILES string of the molecule is Cc1cc(C2c3c(-c4cccc5[nH]c(=O)oc45)n[nH]c3C(=O)N2CC(C)(F)F)cc(C)c1Cl. The van der Waals surface area contributed by atoms with Gasteiger partial charge in [-0.2, -0.15) is 5.10 Å². The van der Waals surface area contributed by atoms with E-state index < -0.39 is 30.2 Å². The molecule has 2 N–H and O–H groups in total. The molecule has 0 bridgehead atoms. The van der Waals surface area contributed by atoms with Crippen LogP contribution in [0.2, 0.25) is 5.02 Å². The zero-order valence-electron chi connectivity index (χ0n) is 17.9. The first-order chi connectivity index (χ1) is 15.5. The predicted octanol–water partition coefficient (Wildman–Crippen LogP) is 4.98. The van der Waals surface area contributed by atoms with Gasteiger partial charge in [0.1, 0.15) is 11.4 Å². The Hall–Kier alpha value is -3.46. The highest BCUT2D eigenvalue weighted by Crippen LogP contribution is 2.45. The van der Waals surface area contributed by atoms with Crippen molar-refractivity contribution in [3.63, 3.8) is 0 Å². The van der Waals surface area contributed by atoms with Crippen molar-refractivity contribution in [1.82, 2.24) is 20.1 Å². The first-order valence-electron chi connectivity index (χ1n) is 10.2. The minimum Gasteiger partial charge on any atom is -0.407 e. The maximum atomic E-state index is 14.1. The highest BCUT2D eigenvalue weighted by molar-refractivity contribution is 6.32. The molecule has 170 valence electrons. The average molecular weight is 473 g/mol. The summed E-state index contributed by atoms with van der Waals surface area (Å²) in [5, 5.41) is 7.62. The van der Waals surface area contributed by atoms with Crippen LogP contribution in [0, 0.1) is 13.8 Å². The summed E-state index contributed by atoms with van der Waals surface area (Å²) in [5.74, 6) is -4.33. The maximum Gasteiger partial charge on any atom is 0.417 e. The molecule has 0 saturated heterocycles. The summed E-state index contributed by atoms with van der Waals surface area (Å²) in [6.07, 6.45) is 0. The summed E-state index contributed by atoms with van der Waals surface area (Å²) < 4.78 is 33.6. The van der Waals surface area contributed by atoms with Crippen molar-refractivity contribution in [3.8, 4) is 11.3 Å². The van der Waals surface area contributed by atoms with Crippen LogP contribution in [0.3, 0.4) is 0 Å². The number of amides is 1. The van der Waals surface area contributed by atoms with E-state index in [0.29, 0.717) is 32.9 Å². The number of benzene rings is 2. The smallest absolute Gasteiger partial charge is 0.407 e. The van der Waals surface area contributed by atoms with Crippen LogP contribution in [0.1, 0.15) is 45.7 Å². The van der Waals surface area contributed by atoms with E-state index in [2.05, 4.69) is 15.2 Å². The molecule has 2 aromatic heterocycles. The molecular formula is C23H19ClF2N4O3. The molecule has 0 aliphatic carbocycles. The summed E-state index contributed by atoms with van der Waals surface area (Å²) in [4.78, 5) is 28.7. The van der Waals surface area contributed by atoms with Crippen molar-refractivity contribution in [2.45, 2.75) is 32.7 Å². The minimum absolute atomic E-state index is 0.124. The van der Waals surface area contributed by atoms with Crippen molar-refractivity contribution < 1.29 is 18.0 Å². The Kier molecular flexibility index (Phi) is 4.72. The summed E-state index contributed by atoms with van der Waals surface area (Å²) in [7, 11) is 0. The van der Waals surface area contributed by atoms with Crippen LogP contribution in [0.4, 0.5) is 8.78 Å². The van der Waals surface area contributed by atoms with Crippen molar-refractivity contribution in [3.05, 3.63) is 73.9 Å². The Morgan fingerprint density at radius 3 is 2.58 bits per heavy atom. The first kappa shape index (κ1) is 21.4. The van der Waals surface area contributed by atoms with Gasteiger partial charge in [-0.05, 0) is 42.7 Å². The second-order valence-electron chi connectivity index (χ2n) is 8.43. The third-order valence-electron chi connectivity index (χ3n) is 5.79. The standard InChI is InChI=1S/C23H19ClF2N4O3/c1-10-7-12(8-11(2)16(10)24)19-15-17(13-5-4-6-14-20(13)33-22(32)27-14)28-29-18(15)21(31)30(19)9-23(3,25)26/h4-8,19H,9H2,1-3H3,(H,27,32)(H,28,29). The Morgan fingerprint density at radius 1 is 1.21 bits per heavy atom. The number of rotatable bonds is 4. The average Bonchev–Trinajstić information content (AvgIpc) is 3.38.